The highest BCUT2D eigenvalue weighted by molar-refractivity contribution is 5.76. The van der Waals surface area contributed by atoms with Crippen LogP contribution in [0.5, 0.6) is 5.75 Å². The molecule has 2 rings (SSSR count). The van der Waals surface area contributed by atoms with E-state index >= 15 is 0 Å². The van der Waals surface area contributed by atoms with Crippen LogP contribution in [0.15, 0.2) is 54.6 Å². The molecular formula is C22H29NO2. The number of benzene rings is 2. The largest absolute Gasteiger partial charge is 0.623 e. The van der Waals surface area contributed by atoms with Gasteiger partial charge in [-0.25, -0.2) is 4.74 Å². The lowest BCUT2D eigenvalue weighted by atomic mass is 9.82. The van der Waals surface area contributed by atoms with Crippen LogP contribution < -0.4 is 4.74 Å². The summed E-state index contributed by atoms with van der Waals surface area (Å²) in [5.41, 5.74) is 1.67. The molecule has 3 heteroatoms. The Morgan fingerprint density at radius 2 is 1.52 bits per heavy atom. The number of hydrogen-bond acceptors (Lipinski definition) is 2. The maximum absolute atomic E-state index is 12.5. The van der Waals surface area contributed by atoms with Crippen LogP contribution in [0.25, 0.3) is 0 Å². The van der Waals surface area contributed by atoms with Crippen molar-refractivity contribution in [3.8, 4) is 5.75 Å². The average molecular weight is 339 g/mol. The van der Waals surface area contributed by atoms with Crippen molar-refractivity contribution in [3.63, 3.8) is 0 Å². The molecule has 25 heavy (non-hydrogen) atoms. The van der Waals surface area contributed by atoms with Crippen molar-refractivity contribution in [2.24, 2.45) is 5.41 Å². The fraction of sp³-hybridized carbons (Fsp3) is 0.409. The van der Waals surface area contributed by atoms with Gasteiger partial charge in [-0.1, -0.05) is 51.1 Å². The van der Waals surface area contributed by atoms with E-state index in [9.17, 15) is 5.21 Å². The zero-order valence-corrected chi connectivity index (χ0v) is 16.0. The van der Waals surface area contributed by atoms with E-state index in [0.717, 1.165) is 28.0 Å². The van der Waals surface area contributed by atoms with E-state index in [1.807, 2.05) is 68.4 Å². The second kappa shape index (κ2) is 7.73. The van der Waals surface area contributed by atoms with Gasteiger partial charge in [0.1, 0.15) is 12.4 Å². The first-order valence-electron chi connectivity index (χ1n) is 8.74. The van der Waals surface area contributed by atoms with Crippen molar-refractivity contribution in [1.29, 1.82) is 0 Å². The molecule has 0 aliphatic rings. The van der Waals surface area contributed by atoms with E-state index in [1.54, 1.807) is 6.21 Å². The molecule has 0 spiro atoms. The summed E-state index contributed by atoms with van der Waals surface area (Å²) in [4.78, 5) is 0. The lowest BCUT2D eigenvalue weighted by molar-refractivity contribution is -0.540. The lowest BCUT2D eigenvalue weighted by Gasteiger charge is -2.30. The molecule has 0 atom stereocenters. The van der Waals surface area contributed by atoms with Crippen molar-refractivity contribution >= 4 is 6.21 Å². The second-order valence-electron chi connectivity index (χ2n) is 8.35. The molecule has 0 amide bonds. The lowest BCUT2D eigenvalue weighted by Crippen LogP contribution is -2.37. The minimum Gasteiger partial charge on any atom is -0.623 e. The molecule has 0 saturated heterocycles. The van der Waals surface area contributed by atoms with E-state index in [-0.39, 0.29) is 5.41 Å². The van der Waals surface area contributed by atoms with E-state index in [4.69, 9.17) is 4.74 Å². The molecule has 0 bridgehead atoms. The highest BCUT2D eigenvalue weighted by Crippen LogP contribution is 2.29. The van der Waals surface area contributed by atoms with Gasteiger partial charge in [0.25, 0.3) is 0 Å². The van der Waals surface area contributed by atoms with Crippen molar-refractivity contribution < 1.29 is 9.48 Å². The smallest absolute Gasteiger partial charge is 0.182 e. The fourth-order valence-corrected chi connectivity index (χ4v) is 3.08. The van der Waals surface area contributed by atoms with Gasteiger partial charge >= 0.3 is 0 Å². The molecule has 0 N–H and O–H groups in total. The maximum Gasteiger partial charge on any atom is 0.182 e. The molecule has 0 radical (unpaired) electrons. The topological polar surface area (TPSA) is 35.3 Å². The highest BCUT2D eigenvalue weighted by Gasteiger charge is 2.32. The molecule has 0 unspecified atom stereocenters. The first-order chi connectivity index (χ1) is 11.7. The van der Waals surface area contributed by atoms with Gasteiger partial charge in [0.2, 0.25) is 0 Å². The quantitative estimate of drug-likeness (QED) is 0.305. The van der Waals surface area contributed by atoms with Gasteiger partial charge in [0.15, 0.2) is 11.8 Å². The molecule has 134 valence electrons. The maximum atomic E-state index is 12.5. The first-order valence-corrected chi connectivity index (χ1v) is 8.74. The van der Waals surface area contributed by atoms with Crippen LogP contribution >= 0.6 is 0 Å². The van der Waals surface area contributed by atoms with Gasteiger partial charge < -0.3 is 9.94 Å². The Kier molecular flexibility index (Phi) is 5.89. The molecule has 2 aromatic rings. The van der Waals surface area contributed by atoms with Gasteiger partial charge in [-0.3, -0.25) is 0 Å². The number of hydrogen-bond donors (Lipinski definition) is 0. The summed E-state index contributed by atoms with van der Waals surface area (Å²) < 4.78 is 6.85. The summed E-state index contributed by atoms with van der Waals surface area (Å²) in [6.45, 7) is 11.0. The van der Waals surface area contributed by atoms with Gasteiger partial charge in [0, 0.05) is 25.8 Å². The standard InChI is InChI=1S/C22H29NO2/c1-21(2,3)17-22(4,5)23(24)15-18-11-13-20(14-12-18)25-16-19-9-7-6-8-10-19/h6-15H,16-17H2,1-5H3. The highest BCUT2D eigenvalue weighted by atomic mass is 16.5. The zero-order chi connectivity index (χ0) is 18.5. The van der Waals surface area contributed by atoms with Gasteiger partial charge in [-0.15, -0.1) is 0 Å². The van der Waals surface area contributed by atoms with Crippen LogP contribution in [0.3, 0.4) is 0 Å². The van der Waals surface area contributed by atoms with Crippen molar-refractivity contribution in [2.45, 2.75) is 53.2 Å². The second-order valence-corrected chi connectivity index (χ2v) is 8.35. The number of rotatable bonds is 6. The summed E-state index contributed by atoms with van der Waals surface area (Å²) in [6, 6.07) is 17.7. The van der Waals surface area contributed by atoms with E-state index in [0.29, 0.717) is 6.61 Å². The molecule has 0 aliphatic heterocycles. The predicted molar refractivity (Wildman–Crippen MR) is 104 cm³/mol. The molecule has 0 aliphatic carbocycles. The predicted octanol–water partition coefficient (Wildman–Crippen LogP) is 5.41. The van der Waals surface area contributed by atoms with Gasteiger partial charge in [0.05, 0.1) is 0 Å². The average Bonchev–Trinajstić information content (AvgIpc) is 2.53. The van der Waals surface area contributed by atoms with Crippen LogP contribution in [0.2, 0.25) is 0 Å². The molecular weight excluding hydrogens is 310 g/mol. The van der Waals surface area contributed by atoms with Crippen molar-refractivity contribution in [1.82, 2.24) is 0 Å². The SMILES string of the molecule is CC(C)(C)CC(C)(C)[N+]([O-])=Cc1ccc(OCc2ccccc2)cc1. The van der Waals surface area contributed by atoms with E-state index in [2.05, 4.69) is 20.8 Å². The molecule has 0 heterocycles. The first kappa shape index (κ1) is 19.0. The monoisotopic (exact) mass is 339 g/mol. The summed E-state index contributed by atoms with van der Waals surface area (Å²) in [5, 5.41) is 12.5. The van der Waals surface area contributed by atoms with Crippen LogP contribution in [0.4, 0.5) is 0 Å². The van der Waals surface area contributed by atoms with Crippen molar-refractivity contribution in [2.75, 3.05) is 0 Å². The number of nitrogens with zero attached hydrogens (tertiary/aromatic N) is 1. The minimum absolute atomic E-state index is 0.106. The third-order valence-corrected chi connectivity index (χ3v) is 3.95. The summed E-state index contributed by atoms with van der Waals surface area (Å²) in [6.07, 6.45) is 2.48. The summed E-state index contributed by atoms with van der Waals surface area (Å²) in [7, 11) is 0. The normalized spacial score (nSPS) is 12.9. The molecule has 3 nitrogen and oxygen atoms in total. The molecule has 0 saturated carbocycles. The molecule has 0 fully saturated rings. The Balaban J connectivity index is 2.01. The summed E-state index contributed by atoms with van der Waals surface area (Å²) >= 11 is 0. The Hall–Kier alpha value is -2.29. The molecule has 0 aromatic heterocycles. The molecule has 2 aromatic carbocycles. The Morgan fingerprint density at radius 1 is 0.920 bits per heavy atom. The van der Waals surface area contributed by atoms with Crippen molar-refractivity contribution in [3.05, 3.63) is 70.9 Å². The van der Waals surface area contributed by atoms with Crippen LogP contribution in [0, 0.1) is 10.6 Å². The van der Waals surface area contributed by atoms with Crippen LogP contribution in [-0.4, -0.2) is 16.5 Å². The fourth-order valence-electron chi connectivity index (χ4n) is 3.08. The minimum atomic E-state index is -0.444. The van der Waals surface area contributed by atoms with Crippen LogP contribution in [-0.2, 0) is 6.61 Å². The summed E-state index contributed by atoms with van der Waals surface area (Å²) in [5.74, 6) is 0.799. The zero-order valence-electron chi connectivity index (χ0n) is 16.0. The Bertz CT molecular complexity index is 695. The third kappa shape index (κ3) is 6.26. The van der Waals surface area contributed by atoms with Gasteiger partial charge in [-0.2, -0.15) is 0 Å². The van der Waals surface area contributed by atoms with Gasteiger partial charge in [-0.05, 0) is 35.2 Å². The Morgan fingerprint density at radius 3 is 2.08 bits per heavy atom. The number of ether oxygens (including phenoxy) is 1. The Labute approximate surface area is 151 Å². The number of hydroxylamine groups is 1. The third-order valence-electron chi connectivity index (χ3n) is 3.95. The van der Waals surface area contributed by atoms with E-state index in [1.165, 1.54) is 0 Å². The van der Waals surface area contributed by atoms with E-state index < -0.39 is 5.54 Å². The van der Waals surface area contributed by atoms with Crippen LogP contribution in [0.1, 0.15) is 52.2 Å².